The lowest BCUT2D eigenvalue weighted by Gasteiger charge is -2.09. The lowest BCUT2D eigenvalue weighted by Crippen LogP contribution is -2.02. The number of rotatable bonds is 3. The molecule has 1 N–H and O–H groups in total. The van der Waals surface area contributed by atoms with Crippen LogP contribution < -0.4 is 4.74 Å². The monoisotopic (exact) mass is 347 g/mol. The van der Waals surface area contributed by atoms with Gasteiger partial charge >= 0.3 is 5.97 Å². The summed E-state index contributed by atoms with van der Waals surface area (Å²) in [5.41, 5.74) is 3.88. The minimum absolute atomic E-state index is 0.218. The van der Waals surface area contributed by atoms with Gasteiger partial charge in [-0.25, -0.2) is 9.78 Å². The minimum Gasteiger partial charge on any atom is -0.493 e. The van der Waals surface area contributed by atoms with Crippen LogP contribution in [0.3, 0.4) is 0 Å². The Bertz CT molecular complexity index is 1170. The van der Waals surface area contributed by atoms with Gasteiger partial charge < -0.3 is 14.3 Å². The Morgan fingerprint density at radius 2 is 1.96 bits per heavy atom. The first-order valence-electron chi connectivity index (χ1n) is 8.20. The molecule has 2 aromatic carbocycles. The number of aryl methyl sites for hydroxylation is 2. The third-order valence-electron chi connectivity index (χ3n) is 4.46. The molecule has 0 saturated carbocycles. The molecule has 0 bridgehead atoms. The average molecular weight is 347 g/mol. The number of aromatic carboxylic acids is 1. The molecule has 0 radical (unpaired) electrons. The number of methoxy groups -OCH3 is 1. The van der Waals surface area contributed by atoms with Crippen molar-refractivity contribution in [1.29, 1.82) is 0 Å². The third kappa shape index (κ3) is 2.49. The fraction of sp³-hybridized carbons (Fsp3) is 0.143. The molecule has 0 amide bonds. The lowest BCUT2D eigenvalue weighted by atomic mass is 10.00. The van der Waals surface area contributed by atoms with E-state index < -0.39 is 5.97 Å². The standard InChI is InChI=1S/C21H17NO4/c1-11-7-12(2)19-14(21(23)24)10-15(22-16(19)8-11)18-9-13-5-4-6-17(25-3)20(13)26-18/h4-10H,1-3H3,(H,23,24). The van der Waals surface area contributed by atoms with Crippen LogP contribution in [0.4, 0.5) is 0 Å². The summed E-state index contributed by atoms with van der Waals surface area (Å²) in [6.07, 6.45) is 0. The van der Waals surface area contributed by atoms with E-state index in [4.69, 9.17) is 9.15 Å². The molecule has 0 atom stereocenters. The quantitative estimate of drug-likeness (QED) is 0.566. The molecule has 0 fully saturated rings. The molecule has 0 unspecified atom stereocenters. The van der Waals surface area contributed by atoms with Crippen LogP contribution in [0.2, 0.25) is 0 Å². The average Bonchev–Trinajstić information content (AvgIpc) is 3.04. The fourth-order valence-electron chi connectivity index (χ4n) is 3.37. The van der Waals surface area contributed by atoms with Gasteiger partial charge in [-0.15, -0.1) is 0 Å². The van der Waals surface area contributed by atoms with Crippen molar-refractivity contribution < 1.29 is 19.1 Å². The largest absolute Gasteiger partial charge is 0.493 e. The summed E-state index contributed by atoms with van der Waals surface area (Å²) in [5, 5.41) is 11.2. The maximum Gasteiger partial charge on any atom is 0.336 e. The number of hydrogen-bond acceptors (Lipinski definition) is 4. The van der Waals surface area contributed by atoms with Crippen LogP contribution in [-0.2, 0) is 0 Å². The summed E-state index contributed by atoms with van der Waals surface area (Å²) < 4.78 is 11.3. The number of aromatic nitrogens is 1. The van der Waals surface area contributed by atoms with Gasteiger partial charge in [-0.2, -0.15) is 0 Å². The van der Waals surface area contributed by atoms with Crippen molar-refractivity contribution in [3.63, 3.8) is 0 Å². The second-order valence-corrected chi connectivity index (χ2v) is 6.33. The zero-order chi connectivity index (χ0) is 18.4. The van der Waals surface area contributed by atoms with E-state index in [1.807, 2.05) is 50.2 Å². The van der Waals surface area contributed by atoms with Gasteiger partial charge in [-0.3, -0.25) is 0 Å². The Kier molecular flexibility index (Phi) is 3.65. The number of hydrogen-bond donors (Lipinski definition) is 1. The van der Waals surface area contributed by atoms with Gasteiger partial charge in [0.05, 0.1) is 18.2 Å². The van der Waals surface area contributed by atoms with Gasteiger partial charge in [0.1, 0.15) is 5.69 Å². The number of carboxylic acids is 1. The predicted molar refractivity (Wildman–Crippen MR) is 99.9 cm³/mol. The number of carboxylic acid groups (broad SMARTS) is 1. The van der Waals surface area contributed by atoms with E-state index in [2.05, 4.69) is 4.98 Å². The Morgan fingerprint density at radius 3 is 2.69 bits per heavy atom. The molecule has 4 rings (SSSR count). The molecule has 0 saturated heterocycles. The van der Waals surface area contributed by atoms with Crippen LogP contribution in [0.15, 0.2) is 46.9 Å². The van der Waals surface area contributed by atoms with Crippen molar-refractivity contribution in [1.82, 2.24) is 4.98 Å². The summed E-state index contributed by atoms with van der Waals surface area (Å²) in [5.74, 6) is 0.145. The SMILES string of the molecule is COc1cccc2cc(-c3cc(C(=O)O)c4c(C)cc(C)cc4n3)oc12. The van der Waals surface area contributed by atoms with E-state index in [1.165, 1.54) is 0 Å². The lowest BCUT2D eigenvalue weighted by molar-refractivity contribution is 0.0699. The fourth-order valence-corrected chi connectivity index (χ4v) is 3.37. The highest BCUT2D eigenvalue weighted by molar-refractivity contribution is 6.05. The molecular weight excluding hydrogens is 330 g/mol. The van der Waals surface area contributed by atoms with Gasteiger partial charge in [-0.1, -0.05) is 18.2 Å². The summed E-state index contributed by atoms with van der Waals surface area (Å²) in [7, 11) is 1.58. The van der Waals surface area contributed by atoms with E-state index in [-0.39, 0.29) is 5.56 Å². The zero-order valence-electron chi connectivity index (χ0n) is 14.7. The van der Waals surface area contributed by atoms with Crippen molar-refractivity contribution in [3.05, 3.63) is 59.2 Å². The first-order valence-corrected chi connectivity index (χ1v) is 8.20. The number of furan rings is 1. The molecule has 2 aromatic heterocycles. The number of pyridine rings is 1. The van der Waals surface area contributed by atoms with Gasteiger partial charge in [0.2, 0.25) is 0 Å². The molecule has 130 valence electrons. The van der Waals surface area contributed by atoms with Crippen LogP contribution >= 0.6 is 0 Å². The predicted octanol–water partition coefficient (Wildman–Crippen LogP) is 4.97. The highest BCUT2D eigenvalue weighted by Gasteiger charge is 2.18. The second-order valence-electron chi connectivity index (χ2n) is 6.33. The van der Waals surface area contributed by atoms with Gasteiger partial charge in [-0.05, 0) is 49.2 Å². The maximum absolute atomic E-state index is 11.8. The summed E-state index contributed by atoms with van der Waals surface area (Å²) >= 11 is 0. The highest BCUT2D eigenvalue weighted by atomic mass is 16.5. The maximum atomic E-state index is 11.8. The number of ether oxygens (including phenoxy) is 1. The van der Waals surface area contributed by atoms with Crippen LogP contribution in [0.25, 0.3) is 33.3 Å². The summed E-state index contributed by atoms with van der Waals surface area (Å²) in [4.78, 5) is 16.5. The van der Waals surface area contributed by atoms with Crippen LogP contribution in [0, 0.1) is 13.8 Å². The van der Waals surface area contributed by atoms with Gasteiger partial charge in [0.25, 0.3) is 0 Å². The molecule has 2 heterocycles. The Labute approximate surface area is 149 Å². The first-order chi connectivity index (χ1) is 12.5. The Morgan fingerprint density at radius 1 is 1.15 bits per heavy atom. The number of para-hydroxylation sites is 1. The van der Waals surface area contributed by atoms with Crippen molar-refractivity contribution in [2.24, 2.45) is 0 Å². The molecule has 0 aliphatic heterocycles. The van der Waals surface area contributed by atoms with Crippen molar-refractivity contribution in [2.75, 3.05) is 7.11 Å². The normalized spacial score (nSPS) is 11.2. The molecule has 0 aliphatic rings. The number of nitrogens with zero attached hydrogens (tertiary/aromatic N) is 1. The second kappa shape index (κ2) is 5.88. The third-order valence-corrected chi connectivity index (χ3v) is 4.46. The summed E-state index contributed by atoms with van der Waals surface area (Å²) in [6, 6.07) is 12.9. The molecule has 4 aromatic rings. The zero-order valence-corrected chi connectivity index (χ0v) is 14.7. The van der Waals surface area contributed by atoms with Crippen LogP contribution in [0.5, 0.6) is 5.75 Å². The van der Waals surface area contributed by atoms with Crippen molar-refractivity contribution >= 4 is 27.8 Å². The van der Waals surface area contributed by atoms with E-state index in [0.29, 0.717) is 33.7 Å². The first kappa shape index (κ1) is 16.1. The van der Waals surface area contributed by atoms with Gasteiger partial charge in [0, 0.05) is 10.8 Å². The van der Waals surface area contributed by atoms with E-state index in [1.54, 1.807) is 13.2 Å². The molecule has 0 aliphatic carbocycles. The molecule has 5 nitrogen and oxygen atoms in total. The number of carbonyl (C=O) groups is 1. The van der Waals surface area contributed by atoms with Crippen LogP contribution in [0.1, 0.15) is 21.5 Å². The number of fused-ring (bicyclic) bond motifs is 2. The topological polar surface area (TPSA) is 72.6 Å². The van der Waals surface area contributed by atoms with E-state index in [0.717, 1.165) is 16.5 Å². The summed E-state index contributed by atoms with van der Waals surface area (Å²) in [6.45, 7) is 3.86. The Hall–Kier alpha value is -3.34. The Balaban J connectivity index is 2.02. The van der Waals surface area contributed by atoms with E-state index in [9.17, 15) is 9.90 Å². The smallest absolute Gasteiger partial charge is 0.336 e. The van der Waals surface area contributed by atoms with Gasteiger partial charge in [0.15, 0.2) is 17.1 Å². The molecule has 5 heteroatoms. The minimum atomic E-state index is -0.987. The number of benzene rings is 2. The molecule has 0 spiro atoms. The van der Waals surface area contributed by atoms with E-state index >= 15 is 0 Å². The molecule has 26 heavy (non-hydrogen) atoms. The highest BCUT2D eigenvalue weighted by Crippen LogP contribution is 2.34. The molecular formula is C21H17NO4. The van der Waals surface area contributed by atoms with Crippen molar-refractivity contribution in [2.45, 2.75) is 13.8 Å². The van der Waals surface area contributed by atoms with Crippen molar-refractivity contribution in [3.8, 4) is 17.2 Å². The van der Waals surface area contributed by atoms with Crippen LogP contribution in [-0.4, -0.2) is 23.2 Å².